The van der Waals surface area contributed by atoms with E-state index in [1.807, 2.05) is 18.2 Å². The van der Waals surface area contributed by atoms with E-state index < -0.39 is 7.60 Å². The van der Waals surface area contributed by atoms with E-state index in [0.717, 1.165) is 0 Å². The molecular formula is C10H14ClO3P. The SMILES string of the molecule is CCOP(=O)(CCCl)Oc1ccccc1. The maximum atomic E-state index is 12.1. The molecule has 0 amide bonds. The summed E-state index contributed by atoms with van der Waals surface area (Å²) in [5.74, 6) is 0.795. The van der Waals surface area contributed by atoms with E-state index >= 15 is 0 Å². The first-order valence-corrected chi connectivity index (χ1v) is 7.00. The fourth-order valence-corrected chi connectivity index (χ4v) is 3.02. The number of para-hydroxylation sites is 1. The van der Waals surface area contributed by atoms with Gasteiger partial charge in [-0.15, -0.1) is 11.6 Å². The molecule has 0 spiro atoms. The average molecular weight is 249 g/mol. The van der Waals surface area contributed by atoms with E-state index in [1.165, 1.54) is 0 Å². The van der Waals surface area contributed by atoms with Gasteiger partial charge in [-0.2, -0.15) is 0 Å². The van der Waals surface area contributed by atoms with Crippen molar-refractivity contribution in [3.05, 3.63) is 30.3 Å². The Kier molecular flexibility index (Phi) is 5.16. The summed E-state index contributed by atoms with van der Waals surface area (Å²) in [6.07, 6.45) is 0.220. The Morgan fingerprint density at radius 3 is 2.53 bits per heavy atom. The van der Waals surface area contributed by atoms with Gasteiger partial charge in [0.05, 0.1) is 12.8 Å². The van der Waals surface area contributed by atoms with Crippen molar-refractivity contribution in [1.82, 2.24) is 0 Å². The first-order chi connectivity index (χ1) is 7.20. The second kappa shape index (κ2) is 6.16. The predicted molar refractivity (Wildman–Crippen MR) is 61.9 cm³/mol. The lowest BCUT2D eigenvalue weighted by Crippen LogP contribution is -2.03. The highest BCUT2D eigenvalue weighted by Crippen LogP contribution is 2.47. The lowest BCUT2D eigenvalue weighted by molar-refractivity contribution is 0.280. The van der Waals surface area contributed by atoms with Gasteiger partial charge in [0.1, 0.15) is 5.75 Å². The normalized spacial score (nSPS) is 14.5. The minimum absolute atomic E-state index is 0.220. The first kappa shape index (κ1) is 12.6. The van der Waals surface area contributed by atoms with Gasteiger partial charge in [-0.1, -0.05) is 18.2 Å². The number of halogens is 1. The van der Waals surface area contributed by atoms with E-state index in [9.17, 15) is 4.57 Å². The van der Waals surface area contributed by atoms with Crippen molar-refractivity contribution in [2.45, 2.75) is 6.92 Å². The molecule has 3 nitrogen and oxygen atoms in total. The Bertz CT molecular complexity index is 319. The van der Waals surface area contributed by atoms with Crippen LogP contribution < -0.4 is 4.52 Å². The van der Waals surface area contributed by atoms with Crippen LogP contribution in [0.25, 0.3) is 0 Å². The standard InChI is InChI=1S/C10H14ClO3P/c1-2-13-15(12,9-8-11)14-10-6-4-3-5-7-10/h3-7H,2,8-9H2,1H3. The van der Waals surface area contributed by atoms with Crippen LogP contribution in [0.3, 0.4) is 0 Å². The lowest BCUT2D eigenvalue weighted by atomic mass is 10.3. The van der Waals surface area contributed by atoms with Gasteiger partial charge >= 0.3 is 7.60 Å². The van der Waals surface area contributed by atoms with Gasteiger partial charge in [-0.25, -0.2) is 4.57 Å². The van der Waals surface area contributed by atoms with Crippen molar-refractivity contribution in [2.75, 3.05) is 18.6 Å². The van der Waals surface area contributed by atoms with Gasteiger partial charge in [-0.3, -0.25) is 0 Å². The summed E-state index contributed by atoms with van der Waals surface area (Å²) >= 11 is 5.56. The summed E-state index contributed by atoms with van der Waals surface area (Å²) in [5.41, 5.74) is 0. The molecule has 0 bridgehead atoms. The molecule has 1 unspecified atom stereocenters. The van der Waals surface area contributed by atoms with Crippen molar-refractivity contribution >= 4 is 19.2 Å². The third-order valence-electron chi connectivity index (χ3n) is 1.67. The Morgan fingerprint density at radius 2 is 2.00 bits per heavy atom. The Balaban J connectivity index is 2.71. The quantitative estimate of drug-likeness (QED) is 0.571. The van der Waals surface area contributed by atoms with Crippen LogP contribution >= 0.6 is 19.2 Å². The van der Waals surface area contributed by atoms with Crippen molar-refractivity contribution in [2.24, 2.45) is 0 Å². The monoisotopic (exact) mass is 248 g/mol. The van der Waals surface area contributed by atoms with Crippen molar-refractivity contribution in [3.63, 3.8) is 0 Å². The fraction of sp³-hybridized carbons (Fsp3) is 0.400. The van der Waals surface area contributed by atoms with Crippen LogP contribution in [0.1, 0.15) is 6.92 Å². The van der Waals surface area contributed by atoms with Gasteiger partial charge in [0, 0.05) is 5.88 Å². The maximum Gasteiger partial charge on any atom is 0.380 e. The van der Waals surface area contributed by atoms with Crippen molar-refractivity contribution in [1.29, 1.82) is 0 Å². The van der Waals surface area contributed by atoms with Crippen molar-refractivity contribution in [3.8, 4) is 5.75 Å². The number of benzene rings is 1. The Morgan fingerprint density at radius 1 is 1.33 bits per heavy atom. The second-order valence-electron chi connectivity index (χ2n) is 2.85. The molecule has 84 valence electrons. The highest BCUT2D eigenvalue weighted by molar-refractivity contribution is 7.54. The minimum Gasteiger partial charge on any atom is -0.424 e. The van der Waals surface area contributed by atoms with E-state index in [1.54, 1.807) is 19.1 Å². The topological polar surface area (TPSA) is 35.5 Å². The smallest absolute Gasteiger partial charge is 0.380 e. The average Bonchev–Trinajstić information content (AvgIpc) is 2.19. The molecule has 1 atom stereocenters. The van der Waals surface area contributed by atoms with Crippen LogP contribution in [-0.2, 0) is 9.09 Å². The van der Waals surface area contributed by atoms with E-state index in [4.69, 9.17) is 20.6 Å². The highest BCUT2D eigenvalue weighted by Gasteiger charge is 2.24. The molecular weight excluding hydrogens is 235 g/mol. The molecule has 0 aromatic heterocycles. The van der Waals surface area contributed by atoms with Crippen LogP contribution in [-0.4, -0.2) is 18.6 Å². The Labute approximate surface area is 94.9 Å². The molecule has 0 saturated heterocycles. The fourth-order valence-electron chi connectivity index (χ4n) is 1.08. The highest BCUT2D eigenvalue weighted by atomic mass is 35.5. The zero-order valence-corrected chi connectivity index (χ0v) is 10.2. The molecule has 1 rings (SSSR count). The van der Waals surface area contributed by atoms with Gasteiger partial charge in [0.25, 0.3) is 0 Å². The van der Waals surface area contributed by atoms with Crippen LogP contribution in [0.15, 0.2) is 30.3 Å². The third-order valence-corrected chi connectivity index (χ3v) is 4.04. The molecule has 5 heteroatoms. The molecule has 0 radical (unpaired) electrons. The molecule has 0 fully saturated rings. The van der Waals surface area contributed by atoms with Crippen LogP contribution in [0.2, 0.25) is 0 Å². The first-order valence-electron chi connectivity index (χ1n) is 4.74. The molecule has 0 saturated carbocycles. The van der Waals surface area contributed by atoms with Crippen LogP contribution in [0.4, 0.5) is 0 Å². The summed E-state index contributed by atoms with van der Waals surface area (Å²) in [7, 11) is -3.07. The van der Waals surface area contributed by atoms with Gasteiger partial charge < -0.3 is 9.05 Å². The number of hydrogen-bond donors (Lipinski definition) is 0. The molecule has 0 N–H and O–H groups in total. The second-order valence-corrected chi connectivity index (χ2v) is 5.33. The Hall–Kier alpha value is -0.500. The van der Waals surface area contributed by atoms with Crippen LogP contribution in [0, 0.1) is 0 Å². The van der Waals surface area contributed by atoms with Gasteiger partial charge in [-0.05, 0) is 19.1 Å². The van der Waals surface area contributed by atoms with Gasteiger partial charge in [0.2, 0.25) is 0 Å². The summed E-state index contributed by atoms with van der Waals surface area (Å²) in [5, 5.41) is 0. The van der Waals surface area contributed by atoms with Crippen LogP contribution in [0.5, 0.6) is 5.75 Å². The van der Waals surface area contributed by atoms with E-state index in [0.29, 0.717) is 12.4 Å². The molecule has 0 aliphatic heterocycles. The molecule has 15 heavy (non-hydrogen) atoms. The number of rotatable bonds is 6. The number of hydrogen-bond acceptors (Lipinski definition) is 3. The summed E-state index contributed by atoms with van der Waals surface area (Å²) in [6, 6.07) is 8.96. The maximum absolute atomic E-state index is 12.1. The third kappa shape index (κ3) is 4.25. The predicted octanol–water partition coefficient (Wildman–Crippen LogP) is 3.53. The largest absolute Gasteiger partial charge is 0.424 e. The van der Waals surface area contributed by atoms with Crippen molar-refractivity contribution < 1.29 is 13.6 Å². The molecule has 1 aromatic rings. The molecule has 0 aliphatic rings. The van der Waals surface area contributed by atoms with E-state index in [2.05, 4.69) is 0 Å². The molecule has 0 aliphatic carbocycles. The van der Waals surface area contributed by atoms with Gasteiger partial charge in [0.15, 0.2) is 0 Å². The van der Waals surface area contributed by atoms with E-state index in [-0.39, 0.29) is 12.0 Å². The summed E-state index contributed by atoms with van der Waals surface area (Å²) < 4.78 is 22.5. The zero-order chi connectivity index (χ0) is 11.1. The molecule has 0 heterocycles. The minimum atomic E-state index is -3.07. The summed E-state index contributed by atoms with van der Waals surface area (Å²) in [4.78, 5) is 0. The number of alkyl halides is 1. The molecule has 1 aromatic carbocycles. The lowest BCUT2D eigenvalue weighted by Gasteiger charge is -2.17. The summed E-state index contributed by atoms with van der Waals surface area (Å²) in [6.45, 7) is 2.12. The zero-order valence-electron chi connectivity index (χ0n) is 8.56.